The Labute approximate surface area is 111 Å². The van der Waals surface area contributed by atoms with Gasteiger partial charge in [0.1, 0.15) is 5.75 Å². The molecule has 1 aromatic carbocycles. The average Bonchev–Trinajstić information content (AvgIpc) is 3.07. The summed E-state index contributed by atoms with van der Waals surface area (Å²) in [4.78, 5) is 10.6. The predicted octanol–water partition coefficient (Wildman–Crippen LogP) is 0.771. The van der Waals surface area contributed by atoms with Crippen molar-refractivity contribution in [2.24, 2.45) is 0 Å². The van der Waals surface area contributed by atoms with Gasteiger partial charge in [-0.3, -0.25) is 4.79 Å². The fourth-order valence-corrected chi connectivity index (χ4v) is 3.38. The number of phenols is 1. The number of benzene rings is 1. The van der Waals surface area contributed by atoms with Crippen molar-refractivity contribution < 1.29 is 23.4 Å². The van der Waals surface area contributed by atoms with Crippen LogP contribution in [-0.4, -0.2) is 40.7 Å². The third kappa shape index (κ3) is 3.68. The van der Waals surface area contributed by atoms with Crippen LogP contribution in [0.3, 0.4) is 0 Å². The summed E-state index contributed by atoms with van der Waals surface area (Å²) in [5, 5.41) is 18.0. The van der Waals surface area contributed by atoms with Crippen molar-refractivity contribution in [1.82, 2.24) is 4.31 Å². The lowest BCUT2D eigenvalue weighted by Crippen LogP contribution is -2.36. The van der Waals surface area contributed by atoms with Crippen LogP contribution in [0.4, 0.5) is 0 Å². The molecule has 0 saturated heterocycles. The molecule has 2 N–H and O–H groups in total. The average molecular weight is 285 g/mol. The van der Waals surface area contributed by atoms with Gasteiger partial charge in [0, 0.05) is 12.6 Å². The molecule has 0 unspecified atom stereocenters. The molecular weight excluding hydrogens is 270 g/mol. The zero-order valence-corrected chi connectivity index (χ0v) is 11.0. The van der Waals surface area contributed by atoms with Crippen LogP contribution in [0.1, 0.15) is 18.4 Å². The third-order valence-electron chi connectivity index (χ3n) is 2.87. The van der Waals surface area contributed by atoms with Gasteiger partial charge in [-0.1, -0.05) is 12.1 Å². The zero-order chi connectivity index (χ0) is 14.0. The highest BCUT2D eigenvalue weighted by atomic mass is 32.2. The Morgan fingerprint density at radius 1 is 1.37 bits per heavy atom. The highest BCUT2D eigenvalue weighted by Crippen LogP contribution is 2.31. The van der Waals surface area contributed by atoms with E-state index >= 15 is 0 Å². The zero-order valence-electron chi connectivity index (χ0n) is 10.2. The van der Waals surface area contributed by atoms with Crippen molar-refractivity contribution in [3.63, 3.8) is 0 Å². The van der Waals surface area contributed by atoms with Crippen LogP contribution in [0.15, 0.2) is 24.3 Å². The number of carboxylic acids is 1. The molecule has 1 aromatic rings. The number of sulfonamides is 1. The maximum atomic E-state index is 12.0. The van der Waals surface area contributed by atoms with Crippen LogP contribution in [0, 0.1) is 0 Å². The summed E-state index contributed by atoms with van der Waals surface area (Å²) in [7, 11) is -3.82. The second-order valence-corrected chi connectivity index (χ2v) is 6.52. The molecule has 0 heterocycles. The van der Waals surface area contributed by atoms with Crippen LogP contribution < -0.4 is 0 Å². The lowest BCUT2D eigenvalue weighted by Gasteiger charge is -2.21. The second kappa shape index (κ2) is 5.18. The summed E-state index contributed by atoms with van der Waals surface area (Å²) < 4.78 is 25.2. The molecule has 0 aromatic heterocycles. The van der Waals surface area contributed by atoms with Gasteiger partial charge in [-0.25, -0.2) is 8.42 Å². The maximum Gasteiger partial charge on any atom is 0.320 e. The first-order valence-corrected chi connectivity index (χ1v) is 7.48. The van der Waals surface area contributed by atoms with Crippen molar-refractivity contribution in [2.45, 2.75) is 25.4 Å². The molecule has 0 atom stereocenters. The second-order valence-electron chi connectivity index (χ2n) is 4.60. The smallest absolute Gasteiger partial charge is 0.320 e. The summed E-state index contributed by atoms with van der Waals surface area (Å²) in [6, 6.07) is 6.18. The largest absolute Gasteiger partial charge is 0.508 e. The molecule has 1 aliphatic rings. The van der Waals surface area contributed by atoms with E-state index in [2.05, 4.69) is 0 Å². The Hall–Kier alpha value is -1.60. The fourth-order valence-electron chi connectivity index (χ4n) is 1.89. The summed E-state index contributed by atoms with van der Waals surface area (Å²) >= 11 is 0. The standard InChI is InChI=1S/C12H15NO5S/c14-11-3-1-2-9(6-11)7-13(10-4-5-10)19(17,18)8-12(15)16/h1-3,6,10,14H,4-5,7-8H2,(H,15,16). The van der Waals surface area contributed by atoms with Crippen LogP contribution in [0.2, 0.25) is 0 Å². The van der Waals surface area contributed by atoms with Crippen molar-refractivity contribution in [2.75, 3.05) is 5.75 Å². The van der Waals surface area contributed by atoms with Crippen LogP contribution >= 0.6 is 0 Å². The number of hydrogen-bond donors (Lipinski definition) is 2. The number of carboxylic acid groups (broad SMARTS) is 1. The molecule has 104 valence electrons. The minimum atomic E-state index is -3.82. The molecule has 2 rings (SSSR count). The molecule has 0 aliphatic heterocycles. The summed E-state index contributed by atoms with van der Waals surface area (Å²) in [6.45, 7) is 0.0919. The highest BCUT2D eigenvalue weighted by molar-refractivity contribution is 7.89. The van der Waals surface area contributed by atoms with Crippen LogP contribution in [-0.2, 0) is 21.4 Å². The maximum absolute atomic E-state index is 12.0. The van der Waals surface area contributed by atoms with E-state index in [0.717, 1.165) is 12.8 Å². The first-order valence-electron chi connectivity index (χ1n) is 5.88. The first kappa shape index (κ1) is 13.8. The molecule has 6 nitrogen and oxygen atoms in total. The topological polar surface area (TPSA) is 94.9 Å². The molecule has 0 bridgehead atoms. The van der Waals surface area contributed by atoms with Crippen molar-refractivity contribution >= 4 is 16.0 Å². The molecular formula is C12H15NO5S. The van der Waals surface area contributed by atoms with E-state index in [1.54, 1.807) is 12.1 Å². The molecule has 0 radical (unpaired) electrons. The van der Waals surface area contributed by atoms with Gasteiger partial charge < -0.3 is 10.2 Å². The van der Waals surface area contributed by atoms with Gasteiger partial charge >= 0.3 is 5.97 Å². The van der Waals surface area contributed by atoms with Crippen molar-refractivity contribution in [3.8, 4) is 5.75 Å². The third-order valence-corrected chi connectivity index (χ3v) is 4.62. The number of aliphatic carboxylic acids is 1. The Morgan fingerprint density at radius 2 is 2.05 bits per heavy atom. The molecule has 19 heavy (non-hydrogen) atoms. The van der Waals surface area contributed by atoms with Crippen molar-refractivity contribution in [1.29, 1.82) is 0 Å². The Balaban J connectivity index is 2.19. The molecule has 1 saturated carbocycles. The van der Waals surface area contributed by atoms with Gasteiger partial charge in [-0.05, 0) is 30.5 Å². The van der Waals surface area contributed by atoms with E-state index < -0.39 is 21.7 Å². The molecule has 0 spiro atoms. The molecule has 1 aliphatic carbocycles. The molecule has 7 heteroatoms. The predicted molar refractivity (Wildman–Crippen MR) is 68.1 cm³/mol. The van der Waals surface area contributed by atoms with E-state index in [4.69, 9.17) is 5.11 Å². The lowest BCUT2D eigenvalue weighted by molar-refractivity contribution is -0.134. The number of phenolic OH excluding ortho intramolecular Hbond substituents is 1. The Morgan fingerprint density at radius 3 is 2.58 bits per heavy atom. The van der Waals surface area contributed by atoms with E-state index in [-0.39, 0.29) is 18.3 Å². The number of carbonyl (C=O) groups is 1. The summed E-state index contributed by atoms with van der Waals surface area (Å²) in [5.74, 6) is -2.20. The minimum absolute atomic E-state index is 0.0591. The minimum Gasteiger partial charge on any atom is -0.508 e. The van der Waals surface area contributed by atoms with Gasteiger partial charge in [0.25, 0.3) is 0 Å². The quantitative estimate of drug-likeness (QED) is 0.805. The molecule has 0 amide bonds. The summed E-state index contributed by atoms with van der Waals surface area (Å²) in [5.41, 5.74) is 0.640. The number of nitrogens with zero attached hydrogens (tertiary/aromatic N) is 1. The van der Waals surface area contributed by atoms with Gasteiger partial charge in [-0.2, -0.15) is 4.31 Å². The molecule has 1 fully saturated rings. The van der Waals surface area contributed by atoms with Gasteiger partial charge in [0.15, 0.2) is 5.75 Å². The van der Waals surface area contributed by atoms with E-state index in [9.17, 15) is 18.3 Å². The van der Waals surface area contributed by atoms with Crippen LogP contribution in [0.25, 0.3) is 0 Å². The van der Waals surface area contributed by atoms with Gasteiger partial charge in [0.05, 0.1) is 0 Å². The Kier molecular flexibility index (Phi) is 3.77. The van der Waals surface area contributed by atoms with E-state index in [0.29, 0.717) is 5.56 Å². The van der Waals surface area contributed by atoms with Gasteiger partial charge in [0.2, 0.25) is 10.0 Å². The Bertz CT molecular complexity index is 580. The monoisotopic (exact) mass is 285 g/mol. The lowest BCUT2D eigenvalue weighted by atomic mass is 10.2. The fraction of sp³-hybridized carbons (Fsp3) is 0.417. The first-order chi connectivity index (χ1) is 8.88. The van der Waals surface area contributed by atoms with Gasteiger partial charge in [-0.15, -0.1) is 0 Å². The number of rotatable bonds is 6. The van der Waals surface area contributed by atoms with E-state index in [1.807, 2.05) is 0 Å². The SMILES string of the molecule is O=C(O)CS(=O)(=O)N(Cc1cccc(O)c1)C1CC1. The normalized spacial score (nSPS) is 15.6. The van der Waals surface area contributed by atoms with Crippen molar-refractivity contribution in [3.05, 3.63) is 29.8 Å². The van der Waals surface area contributed by atoms with Crippen LogP contribution in [0.5, 0.6) is 5.75 Å². The highest BCUT2D eigenvalue weighted by Gasteiger charge is 2.38. The number of aromatic hydroxyl groups is 1. The van der Waals surface area contributed by atoms with E-state index in [1.165, 1.54) is 16.4 Å². The number of hydrogen-bond acceptors (Lipinski definition) is 4. The summed E-state index contributed by atoms with van der Waals surface area (Å²) in [6.07, 6.45) is 1.50.